The molecule has 0 aliphatic heterocycles. The molecule has 0 amide bonds. The fraction of sp³-hybridized carbons (Fsp3) is 0.304. The van der Waals surface area contributed by atoms with Gasteiger partial charge in [0.2, 0.25) is 0 Å². The van der Waals surface area contributed by atoms with Crippen molar-refractivity contribution in [3.63, 3.8) is 0 Å². The van der Waals surface area contributed by atoms with Gasteiger partial charge in [-0.25, -0.2) is 9.37 Å². The van der Waals surface area contributed by atoms with E-state index in [0.29, 0.717) is 18.1 Å². The number of nitrogens with one attached hydrogen (secondary N) is 2. The van der Waals surface area contributed by atoms with Crippen LogP contribution in [0.5, 0.6) is 0 Å². The van der Waals surface area contributed by atoms with E-state index in [0.717, 1.165) is 24.4 Å². The lowest BCUT2D eigenvalue weighted by Crippen LogP contribution is -2.39. The summed E-state index contributed by atoms with van der Waals surface area (Å²) in [5.41, 5.74) is 2.78. The number of rotatable bonds is 7. The standard InChI is InChI=1S/C23H28FN5.HI/c1-17-9-10-20(15-21(17)24)18(2)28-23(25-3)27-12-11-22-26-13-14-29(22)16-19-7-5-4-6-8-19;/h4-10,13-15,18H,11-12,16H2,1-3H3,(H2,25,27,28);1H. The van der Waals surface area contributed by atoms with Crippen molar-refractivity contribution in [2.75, 3.05) is 13.6 Å². The van der Waals surface area contributed by atoms with Crippen molar-refractivity contribution in [1.29, 1.82) is 0 Å². The number of hydrogen-bond donors (Lipinski definition) is 2. The van der Waals surface area contributed by atoms with Gasteiger partial charge in [-0.15, -0.1) is 24.0 Å². The van der Waals surface area contributed by atoms with Crippen molar-refractivity contribution >= 4 is 29.9 Å². The Bertz CT molecular complexity index is 955. The van der Waals surface area contributed by atoms with Gasteiger partial charge in [0.25, 0.3) is 0 Å². The molecule has 1 unspecified atom stereocenters. The third kappa shape index (κ3) is 6.55. The zero-order chi connectivity index (χ0) is 20.6. The second kappa shape index (κ2) is 11.7. The van der Waals surface area contributed by atoms with Gasteiger partial charge < -0.3 is 15.2 Å². The summed E-state index contributed by atoms with van der Waals surface area (Å²) in [7, 11) is 1.73. The van der Waals surface area contributed by atoms with E-state index in [2.05, 4.69) is 37.3 Å². The van der Waals surface area contributed by atoms with Crippen LogP contribution in [-0.2, 0) is 13.0 Å². The van der Waals surface area contributed by atoms with Crippen LogP contribution in [0.2, 0.25) is 0 Å². The molecule has 0 radical (unpaired) electrons. The van der Waals surface area contributed by atoms with Crippen molar-refractivity contribution < 1.29 is 4.39 Å². The number of imidazole rings is 1. The molecule has 3 rings (SSSR count). The van der Waals surface area contributed by atoms with Gasteiger partial charge in [0.1, 0.15) is 11.6 Å². The fourth-order valence-electron chi connectivity index (χ4n) is 3.15. The summed E-state index contributed by atoms with van der Waals surface area (Å²) in [6.07, 6.45) is 4.61. The molecule has 0 saturated heterocycles. The number of aryl methyl sites for hydroxylation is 1. The monoisotopic (exact) mass is 521 g/mol. The topological polar surface area (TPSA) is 54.2 Å². The first-order valence-corrected chi connectivity index (χ1v) is 9.84. The van der Waals surface area contributed by atoms with E-state index in [-0.39, 0.29) is 35.8 Å². The lowest BCUT2D eigenvalue weighted by molar-refractivity contribution is 0.607. The summed E-state index contributed by atoms with van der Waals surface area (Å²) >= 11 is 0. The Morgan fingerprint density at radius 1 is 1.20 bits per heavy atom. The molecule has 30 heavy (non-hydrogen) atoms. The molecule has 1 atom stereocenters. The molecule has 0 bridgehead atoms. The highest BCUT2D eigenvalue weighted by Crippen LogP contribution is 2.16. The summed E-state index contributed by atoms with van der Waals surface area (Å²) in [6, 6.07) is 15.6. The van der Waals surface area contributed by atoms with Crippen LogP contribution in [0.1, 0.15) is 35.5 Å². The van der Waals surface area contributed by atoms with Gasteiger partial charge in [-0.3, -0.25) is 4.99 Å². The van der Waals surface area contributed by atoms with Crippen LogP contribution in [0, 0.1) is 12.7 Å². The molecule has 0 aliphatic rings. The maximum Gasteiger partial charge on any atom is 0.191 e. The Morgan fingerprint density at radius 2 is 1.97 bits per heavy atom. The highest BCUT2D eigenvalue weighted by atomic mass is 127. The molecule has 7 heteroatoms. The smallest absolute Gasteiger partial charge is 0.191 e. The number of hydrogen-bond acceptors (Lipinski definition) is 2. The van der Waals surface area contributed by atoms with E-state index in [1.165, 1.54) is 5.56 Å². The molecule has 2 aromatic carbocycles. The summed E-state index contributed by atoms with van der Waals surface area (Å²) < 4.78 is 16.0. The van der Waals surface area contributed by atoms with E-state index < -0.39 is 0 Å². The Morgan fingerprint density at radius 3 is 2.67 bits per heavy atom. The van der Waals surface area contributed by atoms with E-state index in [9.17, 15) is 4.39 Å². The van der Waals surface area contributed by atoms with Crippen molar-refractivity contribution in [3.8, 4) is 0 Å². The number of aromatic nitrogens is 2. The number of guanidine groups is 1. The van der Waals surface area contributed by atoms with Crippen LogP contribution in [0.15, 0.2) is 65.9 Å². The predicted molar refractivity (Wildman–Crippen MR) is 131 cm³/mol. The molecule has 0 fully saturated rings. The van der Waals surface area contributed by atoms with E-state index in [1.54, 1.807) is 26.1 Å². The van der Waals surface area contributed by atoms with E-state index >= 15 is 0 Å². The summed E-state index contributed by atoms with van der Waals surface area (Å²) in [4.78, 5) is 8.76. The van der Waals surface area contributed by atoms with Crippen LogP contribution in [-0.4, -0.2) is 29.1 Å². The van der Waals surface area contributed by atoms with Gasteiger partial charge in [0.15, 0.2) is 5.96 Å². The largest absolute Gasteiger partial charge is 0.356 e. The second-order valence-electron chi connectivity index (χ2n) is 7.08. The molecular formula is C23H29FIN5. The van der Waals surface area contributed by atoms with Crippen molar-refractivity contribution in [2.45, 2.75) is 32.9 Å². The van der Waals surface area contributed by atoms with E-state index in [1.807, 2.05) is 43.6 Å². The highest BCUT2D eigenvalue weighted by Gasteiger charge is 2.10. The summed E-state index contributed by atoms with van der Waals surface area (Å²) in [5.74, 6) is 1.51. The third-order valence-electron chi connectivity index (χ3n) is 4.91. The number of nitrogens with zero attached hydrogens (tertiary/aromatic N) is 3. The lowest BCUT2D eigenvalue weighted by Gasteiger charge is -2.19. The number of benzene rings is 2. The van der Waals surface area contributed by atoms with Gasteiger partial charge in [0.05, 0.1) is 6.04 Å². The van der Waals surface area contributed by atoms with Gasteiger partial charge in [-0.2, -0.15) is 0 Å². The van der Waals surface area contributed by atoms with Crippen LogP contribution < -0.4 is 10.6 Å². The first kappa shape index (κ1) is 23.9. The molecule has 0 spiro atoms. The number of aliphatic imine (C=N–C) groups is 1. The van der Waals surface area contributed by atoms with Gasteiger partial charge in [-0.05, 0) is 36.6 Å². The summed E-state index contributed by atoms with van der Waals surface area (Å²) in [6.45, 7) is 5.25. The maximum atomic E-state index is 13.8. The van der Waals surface area contributed by atoms with Crippen LogP contribution in [0.3, 0.4) is 0 Å². The summed E-state index contributed by atoms with van der Waals surface area (Å²) in [5, 5.41) is 6.63. The molecule has 1 heterocycles. The molecule has 2 N–H and O–H groups in total. The Balaban J connectivity index is 0.00000320. The highest BCUT2D eigenvalue weighted by molar-refractivity contribution is 14.0. The molecular weight excluding hydrogens is 492 g/mol. The van der Waals surface area contributed by atoms with Crippen LogP contribution in [0.4, 0.5) is 4.39 Å². The van der Waals surface area contributed by atoms with Gasteiger partial charge >= 0.3 is 0 Å². The molecule has 0 saturated carbocycles. The zero-order valence-corrected chi connectivity index (χ0v) is 19.9. The minimum absolute atomic E-state index is 0. The molecule has 1 aromatic heterocycles. The first-order chi connectivity index (χ1) is 14.1. The zero-order valence-electron chi connectivity index (χ0n) is 17.6. The Hall–Kier alpha value is -2.42. The van der Waals surface area contributed by atoms with Crippen LogP contribution >= 0.6 is 24.0 Å². The van der Waals surface area contributed by atoms with E-state index in [4.69, 9.17) is 0 Å². The van der Waals surface area contributed by atoms with Crippen molar-refractivity contribution in [2.24, 2.45) is 4.99 Å². The average molecular weight is 521 g/mol. The minimum atomic E-state index is -0.190. The Kier molecular flexibility index (Phi) is 9.29. The maximum absolute atomic E-state index is 13.8. The van der Waals surface area contributed by atoms with Crippen molar-refractivity contribution in [1.82, 2.24) is 20.2 Å². The second-order valence-corrected chi connectivity index (χ2v) is 7.08. The fourth-order valence-corrected chi connectivity index (χ4v) is 3.15. The molecule has 160 valence electrons. The number of halogens is 2. The normalized spacial score (nSPS) is 12.2. The molecule has 3 aromatic rings. The van der Waals surface area contributed by atoms with Crippen molar-refractivity contribution in [3.05, 3.63) is 89.3 Å². The predicted octanol–water partition coefficient (Wildman–Crippen LogP) is 4.47. The third-order valence-corrected chi connectivity index (χ3v) is 4.91. The quantitative estimate of drug-likeness (QED) is 0.274. The van der Waals surface area contributed by atoms with Gasteiger partial charge in [-0.1, -0.05) is 42.5 Å². The Labute approximate surface area is 194 Å². The minimum Gasteiger partial charge on any atom is -0.356 e. The first-order valence-electron chi connectivity index (χ1n) is 9.84. The van der Waals surface area contributed by atoms with Gasteiger partial charge in [0, 0.05) is 39.0 Å². The molecule has 0 aliphatic carbocycles. The lowest BCUT2D eigenvalue weighted by atomic mass is 10.1. The average Bonchev–Trinajstić information content (AvgIpc) is 3.16. The SMILES string of the molecule is CN=C(NCCc1nccn1Cc1ccccc1)NC(C)c1ccc(C)c(F)c1.I. The molecule has 5 nitrogen and oxygen atoms in total. The van der Waals surface area contributed by atoms with Crippen LogP contribution in [0.25, 0.3) is 0 Å².